The largest absolute Gasteiger partial charge is 0.393 e. The minimum absolute atomic E-state index is 0.0146. The Morgan fingerprint density at radius 2 is 2.00 bits per heavy atom. The van der Waals surface area contributed by atoms with E-state index in [0.29, 0.717) is 32.5 Å². The molecule has 2 heterocycles. The van der Waals surface area contributed by atoms with Crippen LogP contribution in [-0.4, -0.2) is 60.7 Å². The molecular formula is C11H19NO6. The summed E-state index contributed by atoms with van der Waals surface area (Å²) in [7, 11) is 0. The fraction of sp³-hybridized carbons (Fsp3) is 1.00. The summed E-state index contributed by atoms with van der Waals surface area (Å²) in [5, 5.41) is 21.9. The van der Waals surface area contributed by atoms with Crippen LogP contribution in [0.15, 0.2) is 5.18 Å². The zero-order valence-corrected chi connectivity index (χ0v) is 10.1. The van der Waals surface area contributed by atoms with Crippen LogP contribution in [0.5, 0.6) is 0 Å². The highest BCUT2D eigenvalue weighted by Crippen LogP contribution is 2.23. The van der Waals surface area contributed by atoms with E-state index in [4.69, 9.17) is 14.2 Å². The monoisotopic (exact) mass is 261 g/mol. The third-order valence-corrected chi connectivity index (χ3v) is 3.12. The van der Waals surface area contributed by atoms with Gasteiger partial charge in [0.15, 0.2) is 6.29 Å². The number of rotatable bonds is 4. The average Bonchev–Trinajstić information content (AvgIpc) is 2.28. The number of hydrogen-bond donors (Lipinski definition) is 2. The first-order chi connectivity index (χ1) is 8.67. The van der Waals surface area contributed by atoms with E-state index in [1.807, 2.05) is 0 Å². The van der Waals surface area contributed by atoms with E-state index in [0.717, 1.165) is 0 Å². The Morgan fingerprint density at radius 1 is 1.17 bits per heavy atom. The van der Waals surface area contributed by atoms with Gasteiger partial charge in [-0.2, -0.15) is 4.91 Å². The van der Waals surface area contributed by atoms with Crippen molar-refractivity contribution in [3.63, 3.8) is 0 Å². The molecule has 0 spiro atoms. The number of ether oxygens (including phenoxy) is 3. The Balaban J connectivity index is 1.82. The average molecular weight is 261 g/mol. The number of aliphatic hydroxyl groups is 2. The van der Waals surface area contributed by atoms with Crippen LogP contribution in [0.3, 0.4) is 0 Å². The second kappa shape index (κ2) is 6.53. The third kappa shape index (κ3) is 3.96. The standard InChI is InChI=1S/C11H19NO6/c13-7-1-9(4-12-15)17-11(3-7)18-10-2-8(14)5-16-6-10/h7-11,13-14H,1-6H2/t7-,8+,9-,10-,11-/m1/s1. The van der Waals surface area contributed by atoms with Gasteiger partial charge in [-0.05, 0) is 0 Å². The van der Waals surface area contributed by atoms with E-state index in [-0.39, 0.29) is 12.6 Å². The van der Waals surface area contributed by atoms with E-state index in [9.17, 15) is 15.1 Å². The Morgan fingerprint density at radius 3 is 2.72 bits per heavy atom. The molecule has 0 saturated carbocycles. The minimum Gasteiger partial charge on any atom is -0.393 e. The molecule has 2 rings (SSSR count). The third-order valence-electron chi connectivity index (χ3n) is 3.12. The molecule has 2 aliphatic rings. The summed E-state index contributed by atoms with van der Waals surface area (Å²) in [6.45, 7) is 0.746. The molecule has 2 aliphatic heterocycles. The second-order valence-corrected chi connectivity index (χ2v) is 4.81. The van der Waals surface area contributed by atoms with Crippen molar-refractivity contribution in [1.82, 2.24) is 0 Å². The molecule has 2 N–H and O–H groups in total. The number of nitroso groups, excluding NO2 is 1. The summed E-state index contributed by atoms with van der Waals surface area (Å²) < 4.78 is 16.3. The lowest BCUT2D eigenvalue weighted by atomic mass is 10.0. The van der Waals surface area contributed by atoms with Crippen molar-refractivity contribution < 1.29 is 24.4 Å². The van der Waals surface area contributed by atoms with Gasteiger partial charge in [0, 0.05) is 19.3 Å². The maximum atomic E-state index is 10.2. The number of nitrogens with zero attached hydrogens (tertiary/aromatic N) is 1. The van der Waals surface area contributed by atoms with Gasteiger partial charge < -0.3 is 24.4 Å². The maximum absolute atomic E-state index is 10.2. The first kappa shape index (κ1) is 13.8. The number of hydrogen-bond acceptors (Lipinski definition) is 7. The molecule has 18 heavy (non-hydrogen) atoms. The molecule has 0 amide bonds. The van der Waals surface area contributed by atoms with Crippen LogP contribution in [0.2, 0.25) is 0 Å². The van der Waals surface area contributed by atoms with Crippen molar-refractivity contribution in [3.8, 4) is 0 Å². The van der Waals surface area contributed by atoms with E-state index >= 15 is 0 Å². The molecule has 0 bridgehead atoms. The van der Waals surface area contributed by atoms with Crippen LogP contribution in [0, 0.1) is 4.91 Å². The van der Waals surface area contributed by atoms with Crippen molar-refractivity contribution >= 4 is 0 Å². The molecule has 0 aromatic carbocycles. The van der Waals surface area contributed by atoms with Gasteiger partial charge in [-0.25, -0.2) is 0 Å². The van der Waals surface area contributed by atoms with Gasteiger partial charge in [-0.15, -0.1) is 0 Å². The van der Waals surface area contributed by atoms with Crippen LogP contribution < -0.4 is 0 Å². The molecule has 0 aromatic heterocycles. The van der Waals surface area contributed by atoms with Crippen molar-refractivity contribution in [2.45, 2.75) is 50.0 Å². The Labute approximate surface area is 105 Å². The van der Waals surface area contributed by atoms with Crippen LogP contribution in [0.1, 0.15) is 19.3 Å². The molecule has 7 nitrogen and oxygen atoms in total. The summed E-state index contributed by atoms with van der Waals surface area (Å²) in [5.74, 6) is 0. The highest BCUT2D eigenvalue weighted by molar-refractivity contribution is 4.77. The van der Waals surface area contributed by atoms with Crippen molar-refractivity contribution in [3.05, 3.63) is 4.91 Å². The second-order valence-electron chi connectivity index (χ2n) is 4.81. The highest BCUT2D eigenvalue weighted by atomic mass is 16.7. The molecule has 0 aromatic rings. The molecule has 5 atom stereocenters. The topological polar surface area (TPSA) is 97.6 Å². The normalized spacial score (nSPS) is 41.6. The van der Waals surface area contributed by atoms with Gasteiger partial charge in [-0.3, -0.25) is 0 Å². The van der Waals surface area contributed by atoms with Crippen molar-refractivity contribution in [2.75, 3.05) is 19.8 Å². The van der Waals surface area contributed by atoms with Gasteiger partial charge >= 0.3 is 0 Å². The van der Waals surface area contributed by atoms with Crippen LogP contribution in [-0.2, 0) is 14.2 Å². The van der Waals surface area contributed by atoms with E-state index in [1.54, 1.807) is 0 Å². The Hall–Kier alpha value is -0.600. The Kier molecular flexibility index (Phi) is 5.02. The zero-order chi connectivity index (χ0) is 13.0. The smallest absolute Gasteiger partial charge is 0.161 e. The van der Waals surface area contributed by atoms with E-state index in [2.05, 4.69) is 5.18 Å². The SMILES string of the molecule is O=NC[C@H]1C[C@@H](O)C[C@@H](O[C@H]2COC[C@@H](O)C2)O1. The molecule has 2 saturated heterocycles. The highest BCUT2D eigenvalue weighted by Gasteiger charge is 2.32. The molecule has 2 fully saturated rings. The van der Waals surface area contributed by atoms with Gasteiger partial charge in [0.05, 0.1) is 37.6 Å². The van der Waals surface area contributed by atoms with Crippen LogP contribution >= 0.6 is 0 Å². The lowest BCUT2D eigenvalue weighted by Crippen LogP contribution is -2.43. The van der Waals surface area contributed by atoms with Gasteiger partial charge in [0.2, 0.25) is 0 Å². The lowest BCUT2D eigenvalue weighted by molar-refractivity contribution is -0.248. The Bertz CT molecular complexity index is 276. The molecule has 0 unspecified atom stereocenters. The van der Waals surface area contributed by atoms with Crippen molar-refractivity contribution in [2.24, 2.45) is 5.18 Å². The predicted molar refractivity (Wildman–Crippen MR) is 60.9 cm³/mol. The van der Waals surface area contributed by atoms with Gasteiger partial charge in [-0.1, -0.05) is 5.18 Å². The van der Waals surface area contributed by atoms with Crippen LogP contribution in [0.25, 0.3) is 0 Å². The maximum Gasteiger partial charge on any atom is 0.161 e. The first-order valence-electron chi connectivity index (χ1n) is 6.21. The van der Waals surface area contributed by atoms with Crippen LogP contribution in [0.4, 0.5) is 0 Å². The van der Waals surface area contributed by atoms with Crippen molar-refractivity contribution in [1.29, 1.82) is 0 Å². The fourth-order valence-corrected chi connectivity index (χ4v) is 2.32. The van der Waals surface area contributed by atoms with E-state index in [1.165, 1.54) is 0 Å². The molecule has 0 aliphatic carbocycles. The summed E-state index contributed by atoms with van der Waals surface area (Å²) >= 11 is 0. The quantitative estimate of drug-likeness (QED) is 0.679. The van der Waals surface area contributed by atoms with E-state index < -0.39 is 24.6 Å². The first-order valence-corrected chi connectivity index (χ1v) is 6.21. The number of aliphatic hydroxyl groups excluding tert-OH is 2. The summed E-state index contributed by atoms with van der Waals surface area (Å²) in [4.78, 5) is 10.2. The molecule has 7 heteroatoms. The molecule has 104 valence electrons. The minimum atomic E-state index is -0.570. The summed E-state index contributed by atoms with van der Waals surface area (Å²) in [6.07, 6.45) is -1.03. The van der Waals surface area contributed by atoms with Gasteiger partial charge in [0.1, 0.15) is 6.54 Å². The summed E-state index contributed by atoms with van der Waals surface area (Å²) in [5.41, 5.74) is 0. The molecule has 0 radical (unpaired) electrons. The lowest BCUT2D eigenvalue weighted by Gasteiger charge is -2.35. The molecular weight excluding hydrogens is 242 g/mol. The van der Waals surface area contributed by atoms with Gasteiger partial charge in [0.25, 0.3) is 0 Å². The summed E-state index contributed by atoms with van der Waals surface area (Å²) in [6, 6.07) is 0. The fourth-order valence-electron chi connectivity index (χ4n) is 2.32. The predicted octanol–water partition coefficient (Wildman–Crippen LogP) is -0.215. The zero-order valence-electron chi connectivity index (χ0n) is 10.1.